The first-order chi connectivity index (χ1) is 30.8. The Hall–Kier alpha value is -7.32. The summed E-state index contributed by atoms with van der Waals surface area (Å²) in [5, 5.41) is 3.06. The second-order valence-electron chi connectivity index (χ2n) is 13.5. The number of fused-ring (bicyclic) bond motifs is 6. The molecule has 4 aromatic carbocycles. The number of benzene rings is 4. The van der Waals surface area contributed by atoms with Crippen molar-refractivity contribution in [1.29, 1.82) is 0 Å². The van der Waals surface area contributed by atoms with Crippen LogP contribution >= 0.6 is 0 Å². The van der Waals surface area contributed by atoms with Crippen LogP contribution in [0.15, 0.2) is 216 Å². The zero-order valence-electron chi connectivity index (χ0n) is 33.8. The van der Waals surface area contributed by atoms with Crippen LogP contribution in [0.25, 0.3) is 89.4 Å². The molecule has 0 fully saturated rings. The molecule has 0 unspecified atom stereocenters. The minimum absolute atomic E-state index is 0. The van der Waals surface area contributed by atoms with Crippen LogP contribution < -0.4 is 0 Å². The van der Waals surface area contributed by atoms with E-state index in [9.17, 15) is 0 Å². The summed E-state index contributed by atoms with van der Waals surface area (Å²) in [5.41, 5.74) is 11.0. The molecule has 2 radical (unpaired) electrons. The molecular weight excluding hydrogens is 1150 g/mol. The number of hydrogen-bond donors (Lipinski definition) is 0. The van der Waals surface area contributed by atoms with Gasteiger partial charge in [-0.3, -0.25) is 4.98 Å². The van der Waals surface area contributed by atoms with Gasteiger partial charge in [-0.2, -0.15) is 18.2 Å². The Balaban J connectivity index is 0.000000129. The predicted octanol–water partition coefficient (Wildman–Crippen LogP) is 12.8. The van der Waals surface area contributed by atoms with E-state index in [1.54, 1.807) is 24.8 Å². The molecule has 0 bridgehead atoms. The molecule has 12 rings (SSSR count). The van der Waals surface area contributed by atoms with Gasteiger partial charge in [0.2, 0.25) is 0 Å². The standard InChI is InChI=1S/2C16H9N2O.2C11H8N.2Ir/c1-2-7-15-11(5-1)12-8-9-14(18-16(12)19-15)13-6-3-4-10-17-13;1-2-7-14-11(5-1)16-15(19-14)9-8-13(18-16)12-6-3-4-10-17-12;2*1-2-6-10(7-3-1)11-8-4-5-9-12-11;;/h1-8,10H;1-7,9-10H;2*1-6,8-9H;;/q4*-1;;. The molecule has 314 valence electrons. The molecular formula is C54H34Ir2N6O2-4. The maximum atomic E-state index is 5.76. The van der Waals surface area contributed by atoms with Gasteiger partial charge in [0, 0.05) is 70.4 Å². The molecule has 0 aliphatic heterocycles. The minimum atomic E-state index is 0. The van der Waals surface area contributed by atoms with Crippen molar-refractivity contribution < 1.29 is 49.0 Å². The number of para-hydroxylation sites is 2. The Bertz CT molecular complexity index is 3130. The van der Waals surface area contributed by atoms with Gasteiger partial charge >= 0.3 is 0 Å². The van der Waals surface area contributed by atoms with E-state index in [2.05, 4.69) is 54.2 Å². The summed E-state index contributed by atoms with van der Waals surface area (Å²) in [5.74, 6) is 0. The van der Waals surface area contributed by atoms with E-state index < -0.39 is 0 Å². The fraction of sp³-hybridized carbons (Fsp3) is 0. The SMILES string of the molecule is [Ir].[Ir].[c-]1cc2c(nc1-c1ccccn1)oc1ccccc12.[c-]1cc2oc3ccccc3c2nc1-c1ccccn1.[c-]1ccccc1-c1ccccn1.[c-]1ccccc1-c1ccccn1. The third-order valence-corrected chi connectivity index (χ3v) is 9.45. The van der Waals surface area contributed by atoms with E-state index in [0.29, 0.717) is 11.4 Å². The van der Waals surface area contributed by atoms with Crippen molar-refractivity contribution in [1.82, 2.24) is 29.9 Å². The summed E-state index contributed by atoms with van der Waals surface area (Å²) in [6, 6.07) is 70.9. The van der Waals surface area contributed by atoms with Gasteiger partial charge in [-0.15, -0.1) is 77.9 Å². The molecule has 0 aliphatic rings. The van der Waals surface area contributed by atoms with Crippen LogP contribution in [-0.4, -0.2) is 29.9 Å². The van der Waals surface area contributed by atoms with E-state index >= 15 is 0 Å². The van der Waals surface area contributed by atoms with Crippen molar-refractivity contribution in [2.24, 2.45) is 0 Å². The minimum Gasteiger partial charge on any atom is -0.513 e. The molecule has 8 heterocycles. The number of nitrogens with zero attached hydrogens (tertiary/aromatic N) is 6. The monoisotopic (exact) mass is 1180 g/mol. The zero-order chi connectivity index (χ0) is 41.8. The normalized spacial score (nSPS) is 10.2. The Morgan fingerprint density at radius 1 is 0.344 bits per heavy atom. The third kappa shape index (κ3) is 10.8. The van der Waals surface area contributed by atoms with Crippen LogP contribution in [0.4, 0.5) is 0 Å². The van der Waals surface area contributed by atoms with Gasteiger partial charge in [0.25, 0.3) is 0 Å². The molecule has 0 saturated carbocycles. The largest absolute Gasteiger partial charge is 0.513 e. The average molecular weight is 1180 g/mol. The van der Waals surface area contributed by atoms with Gasteiger partial charge in [0.05, 0.1) is 11.1 Å². The predicted molar refractivity (Wildman–Crippen MR) is 244 cm³/mol. The second-order valence-corrected chi connectivity index (χ2v) is 13.5. The molecule has 0 aliphatic carbocycles. The van der Waals surface area contributed by atoms with Crippen molar-refractivity contribution >= 4 is 44.1 Å². The summed E-state index contributed by atoms with van der Waals surface area (Å²) in [7, 11) is 0. The van der Waals surface area contributed by atoms with E-state index in [1.165, 1.54) is 0 Å². The van der Waals surface area contributed by atoms with Gasteiger partial charge in [0.1, 0.15) is 11.2 Å². The van der Waals surface area contributed by atoms with Crippen LogP contribution in [0.5, 0.6) is 0 Å². The number of furan rings is 2. The fourth-order valence-electron chi connectivity index (χ4n) is 6.51. The van der Waals surface area contributed by atoms with Crippen molar-refractivity contribution in [3.8, 4) is 45.3 Å². The Morgan fingerprint density at radius 2 is 0.797 bits per heavy atom. The molecule has 0 atom stereocenters. The van der Waals surface area contributed by atoms with Crippen LogP contribution in [0.2, 0.25) is 0 Å². The quantitative estimate of drug-likeness (QED) is 0.161. The van der Waals surface area contributed by atoms with Gasteiger partial charge < -0.3 is 28.8 Å². The first-order valence-corrected chi connectivity index (χ1v) is 19.8. The van der Waals surface area contributed by atoms with E-state index in [0.717, 1.165) is 78.0 Å². The van der Waals surface area contributed by atoms with Crippen molar-refractivity contribution in [2.75, 3.05) is 0 Å². The van der Waals surface area contributed by atoms with Crippen molar-refractivity contribution in [2.45, 2.75) is 0 Å². The molecule has 12 aromatic rings. The summed E-state index contributed by atoms with van der Waals surface area (Å²) < 4.78 is 11.5. The van der Waals surface area contributed by atoms with Crippen LogP contribution in [0.1, 0.15) is 0 Å². The molecule has 0 saturated heterocycles. The van der Waals surface area contributed by atoms with Gasteiger partial charge in [0.15, 0.2) is 5.71 Å². The second kappa shape index (κ2) is 22.2. The number of rotatable bonds is 4. The topological polar surface area (TPSA) is 104 Å². The summed E-state index contributed by atoms with van der Waals surface area (Å²) in [6.45, 7) is 0. The molecule has 0 spiro atoms. The van der Waals surface area contributed by atoms with Gasteiger partial charge in [-0.1, -0.05) is 90.3 Å². The first kappa shape index (κ1) is 44.7. The third-order valence-electron chi connectivity index (χ3n) is 9.45. The van der Waals surface area contributed by atoms with Gasteiger partial charge in [-0.05, 0) is 75.9 Å². The van der Waals surface area contributed by atoms with E-state index in [1.807, 2.05) is 182 Å². The van der Waals surface area contributed by atoms with Gasteiger partial charge in [-0.25, -0.2) is 4.98 Å². The first-order valence-electron chi connectivity index (χ1n) is 19.8. The van der Waals surface area contributed by atoms with Crippen LogP contribution in [-0.2, 0) is 40.2 Å². The number of aromatic nitrogens is 6. The van der Waals surface area contributed by atoms with Crippen LogP contribution in [0.3, 0.4) is 0 Å². The van der Waals surface area contributed by atoms with Crippen molar-refractivity contribution in [3.05, 3.63) is 231 Å². The molecule has 0 amide bonds. The maximum Gasteiger partial charge on any atom is 0.169 e. The summed E-state index contributed by atoms with van der Waals surface area (Å²) >= 11 is 0. The molecule has 0 N–H and O–H groups in total. The Kier molecular flexibility index (Phi) is 15.5. The van der Waals surface area contributed by atoms with Crippen LogP contribution in [0, 0.1) is 24.3 Å². The van der Waals surface area contributed by atoms with Crippen molar-refractivity contribution in [3.63, 3.8) is 0 Å². The number of hydrogen-bond acceptors (Lipinski definition) is 8. The molecule has 10 heteroatoms. The average Bonchev–Trinajstić information content (AvgIpc) is 3.94. The molecule has 64 heavy (non-hydrogen) atoms. The molecule has 8 nitrogen and oxygen atoms in total. The fourth-order valence-corrected chi connectivity index (χ4v) is 6.51. The van der Waals surface area contributed by atoms with E-state index in [-0.39, 0.29) is 40.2 Å². The Morgan fingerprint density at radius 3 is 1.31 bits per heavy atom. The number of pyridine rings is 6. The summed E-state index contributed by atoms with van der Waals surface area (Å²) in [6.07, 6.45) is 7.07. The summed E-state index contributed by atoms with van der Waals surface area (Å²) in [4.78, 5) is 26.1. The zero-order valence-corrected chi connectivity index (χ0v) is 38.6. The molecule has 8 aromatic heterocycles. The smallest absolute Gasteiger partial charge is 0.169 e. The maximum absolute atomic E-state index is 5.76. The Labute approximate surface area is 396 Å². The van der Waals surface area contributed by atoms with E-state index in [4.69, 9.17) is 8.83 Å².